The molecule has 3 aromatic rings. The Hall–Kier alpha value is -3.61. The van der Waals surface area contributed by atoms with Crippen LogP contribution in [0.15, 0.2) is 42.5 Å². The molecule has 0 aliphatic heterocycles. The summed E-state index contributed by atoms with van der Waals surface area (Å²) in [5.41, 5.74) is 8.49. The maximum absolute atomic E-state index is 12.2. The van der Waals surface area contributed by atoms with Gasteiger partial charge in [0.15, 0.2) is 5.75 Å². The highest BCUT2D eigenvalue weighted by atomic mass is 16.5. The normalized spacial score (nSPS) is 10.6. The molecule has 0 saturated heterocycles. The zero-order valence-corrected chi connectivity index (χ0v) is 15.7. The lowest BCUT2D eigenvalue weighted by molar-refractivity contribution is -0.136. The maximum atomic E-state index is 12.2. The smallest absolute Gasteiger partial charge is 0.305 e. The molecule has 0 unspecified atom stereocenters. The van der Waals surface area contributed by atoms with Crippen molar-refractivity contribution in [2.75, 3.05) is 12.3 Å². The molecule has 7 nitrogen and oxygen atoms in total. The predicted molar refractivity (Wildman–Crippen MR) is 107 cm³/mol. The Kier molecular flexibility index (Phi) is 5.44. The van der Waals surface area contributed by atoms with Crippen LogP contribution in [0.4, 0.5) is 5.82 Å². The zero-order valence-electron chi connectivity index (χ0n) is 15.7. The summed E-state index contributed by atoms with van der Waals surface area (Å²) >= 11 is 0. The molecule has 0 bridgehead atoms. The summed E-state index contributed by atoms with van der Waals surface area (Å²) in [7, 11) is 0. The number of nitrogens with one attached hydrogen (secondary N) is 1. The van der Waals surface area contributed by atoms with Crippen molar-refractivity contribution in [2.45, 2.75) is 20.3 Å². The number of aromatic nitrogens is 1. The molecule has 0 fully saturated rings. The molecule has 2 aromatic carbocycles. The first-order valence-corrected chi connectivity index (χ1v) is 8.79. The quantitative estimate of drug-likeness (QED) is 0.604. The lowest BCUT2D eigenvalue weighted by atomic mass is 10.0. The monoisotopic (exact) mass is 379 g/mol. The zero-order chi connectivity index (χ0) is 20.3. The van der Waals surface area contributed by atoms with Crippen LogP contribution in [0.3, 0.4) is 0 Å². The molecule has 28 heavy (non-hydrogen) atoms. The summed E-state index contributed by atoms with van der Waals surface area (Å²) in [5.74, 6) is 0.346. The molecule has 1 amide bonds. The number of amides is 1. The number of hydrogen-bond donors (Lipinski definition) is 3. The SMILES string of the molecule is Cc1cc(C(=O)NCCC(=O)O)cc(C)c1Oc1cccc2ccc(N)nc12. The number of nitrogens with zero attached hydrogens (tertiary/aromatic N) is 1. The van der Waals surface area contributed by atoms with Crippen LogP contribution in [-0.2, 0) is 4.79 Å². The highest BCUT2D eigenvalue weighted by Crippen LogP contribution is 2.33. The maximum Gasteiger partial charge on any atom is 0.305 e. The van der Waals surface area contributed by atoms with Gasteiger partial charge >= 0.3 is 5.97 Å². The molecule has 0 saturated carbocycles. The molecule has 3 rings (SSSR count). The Labute approximate surface area is 162 Å². The van der Waals surface area contributed by atoms with Gasteiger partial charge < -0.3 is 20.9 Å². The number of rotatable bonds is 6. The van der Waals surface area contributed by atoms with Gasteiger partial charge in [-0.25, -0.2) is 4.98 Å². The molecular formula is C21H21N3O4. The third kappa shape index (κ3) is 4.20. The van der Waals surface area contributed by atoms with Crippen LogP contribution in [0.25, 0.3) is 10.9 Å². The summed E-state index contributed by atoms with van der Waals surface area (Å²) in [5, 5.41) is 12.2. The number of para-hydroxylation sites is 1. The highest BCUT2D eigenvalue weighted by molar-refractivity contribution is 5.95. The minimum atomic E-state index is -0.958. The first kappa shape index (κ1) is 19.2. The summed E-state index contributed by atoms with van der Waals surface area (Å²) in [6.07, 6.45) is -0.123. The van der Waals surface area contributed by atoms with Gasteiger partial charge in [0.1, 0.15) is 17.1 Å². The van der Waals surface area contributed by atoms with E-state index in [1.165, 1.54) is 0 Å². The lowest BCUT2D eigenvalue weighted by Gasteiger charge is -2.15. The van der Waals surface area contributed by atoms with Crippen molar-refractivity contribution in [3.63, 3.8) is 0 Å². The summed E-state index contributed by atoms with van der Waals surface area (Å²) in [6.45, 7) is 3.78. The van der Waals surface area contributed by atoms with E-state index in [0.29, 0.717) is 28.4 Å². The second-order valence-electron chi connectivity index (χ2n) is 6.50. The van der Waals surface area contributed by atoms with Gasteiger partial charge in [-0.3, -0.25) is 9.59 Å². The summed E-state index contributed by atoms with van der Waals surface area (Å²) in [6, 6.07) is 12.7. The van der Waals surface area contributed by atoms with Gasteiger partial charge in [-0.15, -0.1) is 0 Å². The fourth-order valence-electron chi connectivity index (χ4n) is 2.95. The molecule has 0 aliphatic carbocycles. The van der Waals surface area contributed by atoms with E-state index in [1.54, 1.807) is 18.2 Å². The molecular weight excluding hydrogens is 358 g/mol. The number of anilines is 1. The number of nitrogens with two attached hydrogens (primary N) is 1. The fourth-order valence-corrected chi connectivity index (χ4v) is 2.95. The number of aryl methyl sites for hydroxylation is 2. The standard InChI is InChI=1S/C21H21N3O4/c1-12-10-15(21(27)23-9-8-18(25)26)11-13(2)20(12)28-16-5-3-4-14-6-7-17(22)24-19(14)16/h3-7,10-11H,8-9H2,1-2H3,(H2,22,24)(H,23,27)(H,25,26). The Bertz CT molecular complexity index is 1040. The van der Waals surface area contributed by atoms with Gasteiger partial charge in [-0.1, -0.05) is 12.1 Å². The first-order valence-electron chi connectivity index (χ1n) is 8.79. The van der Waals surface area contributed by atoms with Crippen molar-refractivity contribution >= 4 is 28.6 Å². The van der Waals surface area contributed by atoms with E-state index in [-0.39, 0.29) is 18.9 Å². The minimum Gasteiger partial charge on any atom is -0.481 e. The summed E-state index contributed by atoms with van der Waals surface area (Å²) in [4.78, 5) is 27.2. The van der Waals surface area contributed by atoms with Crippen LogP contribution < -0.4 is 15.8 Å². The molecule has 7 heteroatoms. The first-order chi connectivity index (χ1) is 13.3. The number of fused-ring (bicyclic) bond motifs is 1. The van der Waals surface area contributed by atoms with Gasteiger partial charge in [-0.2, -0.15) is 0 Å². The van der Waals surface area contributed by atoms with Gasteiger partial charge in [0, 0.05) is 17.5 Å². The molecule has 4 N–H and O–H groups in total. The predicted octanol–water partition coefficient (Wildman–Crippen LogP) is 3.43. The summed E-state index contributed by atoms with van der Waals surface area (Å²) < 4.78 is 6.13. The van der Waals surface area contributed by atoms with E-state index < -0.39 is 5.97 Å². The fraction of sp³-hybridized carbons (Fsp3) is 0.190. The Morgan fingerprint density at radius 1 is 1.14 bits per heavy atom. The van der Waals surface area contributed by atoms with Gasteiger partial charge in [0.05, 0.1) is 6.42 Å². The number of ether oxygens (including phenoxy) is 1. The number of carbonyl (C=O) groups is 2. The Morgan fingerprint density at radius 3 is 2.54 bits per heavy atom. The van der Waals surface area contributed by atoms with E-state index in [4.69, 9.17) is 15.6 Å². The van der Waals surface area contributed by atoms with E-state index in [9.17, 15) is 9.59 Å². The van der Waals surface area contributed by atoms with Crippen molar-refractivity contribution in [1.29, 1.82) is 0 Å². The van der Waals surface area contributed by atoms with Crippen molar-refractivity contribution in [3.8, 4) is 11.5 Å². The van der Waals surface area contributed by atoms with Crippen molar-refractivity contribution in [1.82, 2.24) is 10.3 Å². The van der Waals surface area contributed by atoms with Crippen LogP contribution in [0, 0.1) is 13.8 Å². The topological polar surface area (TPSA) is 115 Å². The van der Waals surface area contributed by atoms with Crippen molar-refractivity contribution in [2.24, 2.45) is 0 Å². The Morgan fingerprint density at radius 2 is 1.86 bits per heavy atom. The molecule has 1 heterocycles. The molecule has 0 atom stereocenters. The minimum absolute atomic E-state index is 0.0770. The number of pyridine rings is 1. The second kappa shape index (κ2) is 7.96. The van der Waals surface area contributed by atoms with Crippen molar-refractivity contribution in [3.05, 3.63) is 59.2 Å². The highest BCUT2D eigenvalue weighted by Gasteiger charge is 2.14. The molecule has 0 spiro atoms. The average molecular weight is 379 g/mol. The number of nitrogen functional groups attached to an aromatic ring is 1. The molecule has 0 aliphatic rings. The number of hydrogen-bond acceptors (Lipinski definition) is 5. The number of carboxylic acids is 1. The van der Waals surface area contributed by atoms with E-state index in [0.717, 1.165) is 16.5 Å². The molecule has 0 radical (unpaired) electrons. The van der Waals surface area contributed by atoms with Gasteiger partial charge in [-0.05, 0) is 55.3 Å². The van der Waals surface area contributed by atoms with Crippen LogP contribution in [-0.4, -0.2) is 28.5 Å². The molecule has 144 valence electrons. The van der Waals surface area contributed by atoms with E-state index >= 15 is 0 Å². The largest absolute Gasteiger partial charge is 0.481 e. The van der Waals surface area contributed by atoms with Crippen molar-refractivity contribution < 1.29 is 19.4 Å². The van der Waals surface area contributed by atoms with Crippen LogP contribution in [0.1, 0.15) is 27.9 Å². The molecule has 1 aromatic heterocycles. The van der Waals surface area contributed by atoms with Crippen LogP contribution in [0.2, 0.25) is 0 Å². The van der Waals surface area contributed by atoms with Gasteiger partial charge in [0.2, 0.25) is 0 Å². The van der Waals surface area contributed by atoms with E-state index in [2.05, 4.69) is 10.3 Å². The lowest BCUT2D eigenvalue weighted by Crippen LogP contribution is -2.26. The number of aliphatic carboxylic acids is 1. The average Bonchev–Trinajstić information content (AvgIpc) is 2.64. The second-order valence-corrected chi connectivity index (χ2v) is 6.50. The number of benzene rings is 2. The Balaban J connectivity index is 1.87. The van der Waals surface area contributed by atoms with Crippen LogP contribution in [0.5, 0.6) is 11.5 Å². The van der Waals surface area contributed by atoms with Gasteiger partial charge in [0.25, 0.3) is 5.91 Å². The number of carbonyl (C=O) groups excluding carboxylic acids is 1. The van der Waals surface area contributed by atoms with E-state index in [1.807, 2.05) is 38.1 Å². The number of carboxylic acid groups (broad SMARTS) is 1. The third-order valence-electron chi connectivity index (χ3n) is 4.26. The van der Waals surface area contributed by atoms with Crippen LogP contribution >= 0.6 is 0 Å². The third-order valence-corrected chi connectivity index (χ3v) is 4.26.